The molecule has 0 N–H and O–H groups in total. The second kappa shape index (κ2) is 3.36. The van der Waals surface area contributed by atoms with Gasteiger partial charge in [0.1, 0.15) is 11.3 Å². The Morgan fingerprint density at radius 1 is 1.36 bits per heavy atom. The van der Waals surface area contributed by atoms with E-state index in [1.54, 1.807) is 6.20 Å². The molecule has 74 valence electrons. The first-order valence-corrected chi connectivity index (χ1v) is 4.90. The van der Waals surface area contributed by atoms with Crippen LogP contribution >= 0.6 is 0 Å². The molecular formula is C10H14N4. The number of aromatic nitrogens is 4. The molecule has 0 unspecified atom stereocenters. The fourth-order valence-corrected chi connectivity index (χ4v) is 1.41. The van der Waals surface area contributed by atoms with Crippen LogP contribution in [0.25, 0.3) is 11.2 Å². The molecule has 0 aliphatic heterocycles. The van der Waals surface area contributed by atoms with E-state index in [-0.39, 0.29) is 0 Å². The lowest BCUT2D eigenvalue weighted by Crippen LogP contribution is -2.01. The van der Waals surface area contributed by atoms with Crippen molar-refractivity contribution in [2.24, 2.45) is 0 Å². The summed E-state index contributed by atoms with van der Waals surface area (Å²) in [6.45, 7) is 6.29. The highest BCUT2D eigenvalue weighted by Gasteiger charge is 2.07. The Morgan fingerprint density at radius 3 is 2.79 bits per heavy atom. The van der Waals surface area contributed by atoms with Crippen LogP contribution < -0.4 is 0 Å². The van der Waals surface area contributed by atoms with Gasteiger partial charge in [0.15, 0.2) is 5.65 Å². The quantitative estimate of drug-likeness (QED) is 0.727. The lowest BCUT2D eigenvalue weighted by molar-refractivity contribution is 0.611. The second-order valence-corrected chi connectivity index (χ2v) is 3.59. The smallest absolute Gasteiger partial charge is 0.163 e. The van der Waals surface area contributed by atoms with Crippen LogP contribution in [0.4, 0.5) is 0 Å². The third kappa shape index (κ3) is 1.36. The molecule has 0 radical (unpaired) electrons. The average Bonchev–Trinajstić information content (AvgIpc) is 2.59. The van der Waals surface area contributed by atoms with E-state index in [0.717, 1.165) is 23.4 Å². The van der Waals surface area contributed by atoms with Gasteiger partial charge in [0.25, 0.3) is 0 Å². The van der Waals surface area contributed by atoms with Crippen LogP contribution in [0.2, 0.25) is 0 Å². The largest absolute Gasteiger partial charge is 0.313 e. The van der Waals surface area contributed by atoms with Crippen LogP contribution in [0, 0.1) is 0 Å². The second-order valence-electron chi connectivity index (χ2n) is 3.59. The molecule has 2 heterocycles. The van der Waals surface area contributed by atoms with Gasteiger partial charge in [0.2, 0.25) is 0 Å². The monoisotopic (exact) mass is 190 g/mol. The van der Waals surface area contributed by atoms with Crippen LogP contribution in [0.1, 0.15) is 32.6 Å². The zero-order valence-corrected chi connectivity index (χ0v) is 8.73. The zero-order chi connectivity index (χ0) is 10.1. The van der Waals surface area contributed by atoms with E-state index in [2.05, 4.69) is 40.3 Å². The van der Waals surface area contributed by atoms with Crippen LogP contribution in [0.15, 0.2) is 12.5 Å². The highest BCUT2D eigenvalue weighted by Crippen LogP contribution is 2.14. The van der Waals surface area contributed by atoms with Gasteiger partial charge in [-0.05, 0) is 13.8 Å². The molecule has 0 amide bonds. The molecule has 0 saturated carbocycles. The van der Waals surface area contributed by atoms with Crippen molar-refractivity contribution in [2.75, 3.05) is 0 Å². The van der Waals surface area contributed by atoms with Gasteiger partial charge in [0.05, 0.1) is 12.5 Å². The van der Waals surface area contributed by atoms with Crippen molar-refractivity contribution < 1.29 is 0 Å². The molecule has 0 atom stereocenters. The Bertz CT molecular complexity index is 444. The summed E-state index contributed by atoms with van der Waals surface area (Å²) in [5.74, 6) is 0.875. The van der Waals surface area contributed by atoms with Gasteiger partial charge in [-0.25, -0.2) is 15.0 Å². The standard InChI is InChI=1S/C10H14N4/c1-4-9-11-5-8-10(13-9)14(6-12-8)7(2)3/h5-7H,4H2,1-3H3. The fraction of sp³-hybridized carbons (Fsp3) is 0.500. The molecule has 0 fully saturated rings. The van der Waals surface area contributed by atoms with Gasteiger partial charge in [-0.15, -0.1) is 0 Å². The Morgan fingerprint density at radius 2 is 2.14 bits per heavy atom. The van der Waals surface area contributed by atoms with Gasteiger partial charge in [-0.2, -0.15) is 0 Å². The van der Waals surface area contributed by atoms with Crippen molar-refractivity contribution in [3.05, 3.63) is 18.3 Å². The first-order valence-electron chi connectivity index (χ1n) is 4.90. The molecule has 0 bridgehead atoms. The van der Waals surface area contributed by atoms with Crippen molar-refractivity contribution in [3.63, 3.8) is 0 Å². The summed E-state index contributed by atoms with van der Waals surface area (Å²) in [6, 6.07) is 0.389. The van der Waals surface area contributed by atoms with E-state index in [0.29, 0.717) is 6.04 Å². The van der Waals surface area contributed by atoms with E-state index in [4.69, 9.17) is 0 Å². The van der Waals surface area contributed by atoms with Crippen molar-refractivity contribution in [1.82, 2.24) is 19.5 Å². The predicted molar refractivity (Wildman–Crippen MR) is 55.1 cm³/mol. The van der Waals surface area contributed by atoms with Crippen molar-refractivity contribution in [3.8, 4) is 0 Å². The van der Waals surface area contributed by atoms with Crippen LogP contribution in [0.3, 0.4) is 0 Å². The van der Waals surface area contributed by atoms with E-state index < -0.39 is 0 Å². The summed E-state index contributed by atoms with van der Waals surface area (Å²) in [4.78, 5) is 12.9. The Kier molecular flexibility index (Phi) is 2.19. The van der Waals surface area contributed by atoms with Gasteiger partial charge >= 0.3 is 0 Å². The summed E-state index contributed by atoms with van der Waals surface area (Å²) >= 11 is 0. The summed E-state index contributed by atoms with van der Waals surface area (Å²) < 4.78 is 2.07. The van der Waals surface area contributed by atoms with Gasteiger partial charge < -0.3 is 4.57 Å². The minimum absolute atomic E-state index is 0.389. The third-order valence-electron chi connectivity index (χ3n) is 2.24. The fourth-order valence-electron chi connectivity index (χ4n) is 1.41. The summed E-state index contributed by atoms with van der Waals surface area (Å²) in [5.41, 5.74) is 1.81. The molecule has 2 rings (SSSR count). The molecule has 0 aliphatic rings. The maximum absolute atomic E-state index is 4.46. The van der Waals surface area contributed by atoms with E-state index in [9.17, 15) is 0 Å². The Labute approximate surface area is 83.0 Å². The number of rotatable bonds is 2. The number of aryl methyl sites for hydroxylation is 1. The summed E-state index contributed by atoms with van der Waals surface area (Å²) in [6.07, 6.45) is 4.47. The Hall–Kier alpha value is -1.45. The molecule has 0 spiro atoms. The minimum atomic E-state index is 0.389. The number of nitrogens with zero attached hydrogens (tertiary/aromatic N) is 4. The molecule has 0 aromatic carbocycles. The molecule has 2 aromatic heterocycles. The van der Waals surface area contributed by atoms with Crippen LogP contribution in [-0.2, 0) is 6.42 Å². The van der Waals surface area contributed by atoms with Crippen LogP contribution in [0.5, 0.6) is 0 Å². The molecule has 4 heteroatoms. The molecule has 14 heavy (non-hydrogen) atoms. The first-order chi connectivity index (χ1) is 6.72. The highest BCUT2D eigenvalue weighted by molar-refractivity contribution is 5.69. The average molecular weight is 190 g/mol. The normalized spacial score (nSPS) is 11.4. The highest BCUT2D eigenvalue weighted by atomic mass is 15.1. The third-order valence-corrected chi connectivity index (χ3v) is 2.24. The number of hydrogen-bond donors (Lipinski definition) is 0. The van der Waals surface area contributed by atoms with E-state index >= 15 is 0 Å². The lowest BCUT2D eigenvalue weighted by Gasteiger charge is -2.06. The molecule has 0 aliphatic carbocycles. The number of fused-ring (bicyclic) bond motifs is 1. The lowest BCUT2D eigenvalue weighted by atomic mass is 10.4. The molecular weight excluding hydrogens is 176 g/mol. The SMILES string of the molecule is CCc1ncc2ncn(C(C)C)c2n1. The van der Waals surface area contributed by atoms with Crippen molar-refractivity contribution >= 4 is 11.2 Å². The maximum Gasteiger partial charge on any atom is 0.163 e. The zero-order valence-electron chi connectivity index (χ0n) is 8.73. The number of imidazole rings is 1. The van der Waals surface area contributed by atoms with E-state index in [1.165, 1.54) is 0 Å². The molecule has 0 saturated heterocycles. The van der Waals surface area contributed by atoms with Gasteiger partial charge in [-0.1, -0.05) is 6.92 Å². The summed E-state index contributed by atoms with van der Waals surface area (Å²) in [7, 11) is 0. The van der Waals surface area contributed by atoms with Gasteiger partial charge in [0, 0.05) is 12.5 Å². The van der Waals surface area contributed by atoms with Crippen molar-refractivity contribution in [1.29, 1.82) is 0 Å². The topological polar surface area (TPSA) is 43.6 Å². The first kappa shape index (κ1) is 9.12. The Balaban J connectivity index is 2.63. The van der Waals surface area contributed by atoms with Gasteiger partial charge in [-0.3, -0.25) is 0 Å². The molecule has 4 nitrogen and oxygen atoms in total. The van der Waals surface area contributed by atoms with Crippen LogP contribution in [-0.4, -0.2) is 19.5 Å². The summed E-state index contributed by atoms with van der Waals surface area (Å²) in [5, 5.41) is 0. The minimum Gasteiger partial charge on any atom is -0.313 e. The number of hydrogen-bond acceptors (Lipinski definition) is 3. The van der Waals surface area contributed by atoms with Crippen molar-refractivity contribution in [2.45, 2.75) is 33.2 Å². The maximum atomic E-state index is 4.46. The predicted octanol–water partition coefficient (Wildman–Crippen LogP) is 1.97. The molecule has 2 aromatic rings. The van der Waals surface area contributed by atoms with E-state index in [1.807, 2.05) is 6.33 Å².